The van der Waals surface area contributed by atoms with Gasteiger partial charge in [-0.05, 0) is 56.6 Å². The predicted octanol–water partition coefficient (Wildman–Crippen LogP) is 2.88. The molecule has 7 nitrogen and oxygen atoms in total. The molecule has 158 valence electrons. The Morgan fingerprint density at radius 2 is 1.80 bits per heavy atom. The molecule has 2 aromatic heterocycles. The normalized spacial score (nSPS) is 14.9. The fourth-order valence-electron chi connectivity index (χ4n) is 4.09. The maximum atomic E-state index is 13.0. The molecule has 0 saturated carbocycles. The number of nitrogens with one attached hydrogen (secondary N) is 1. The molecule has 7 heteroatoms. The van der Waals surface area contributed by atoms with E-state index in [9.17, 15) is 4.79 Å². The van der Waals surface area contributed by atoms with Crippen LogP contribution >= 0.6 is 0 Å². The molecule has 4 rings (SSSR count). The number of rotatable bonds is 5. The maximum absolute atomic E-state index is 13.0. The van der Waals surface area contributed by atoms with E-state index < -0.39 is 0 Å². The molecule has 1 aliphatic heterocycles. The van der Waals surface area contributed by atoms with Crippen molar-refractivity contribution in [1.82, 2.24) is 14.7 Å². The van der Waals surface area contributed by atoms with E-state index >= 15 is 0 Å². The largest absolute Gasteiger partial charge is 0.493 e. The van der Waals surface area contributed by atoms with Gasteiger partial charge in [-0.3, -0.25) is 9.20 Å². The molecule has 0 atom stereocenters. The molecule has 1 saturated heterocycles. The van der Waals surface area contributed by atoms with E-state index in [2.05, 4.69) is 16.3 Å². The van der Waals surface area contributed by atoms with E-state index in [1.165, 1.54) is 0 Å². The molecule has 1 aromatic carbocycles. The summed E-state index contributed by atoms with van der Waals surface area (Å²) in [6.07, 6.45) is 4.10. The highest BCUT2D eigenvalue weighted by molar-refractivity contribution is 5.67. The number of anilines is 1. The highest BCUT2D eigenvalue weighted by atomic mass is 16.5. The third-order valence-corrected chi connectivity index (χ3v) is 5.88. The minimum atomic E-state index is -0.0974. The molecular formula is C23H28N4O3. The van der Waals surface area contributed by atoms with Crippen LogP contribution in [0.3, 0.4) is 0 Å². The van der Waals surface area contributed by atoms with E-state index in [1.54, 1.807) is 24.7 Å². The highest BCUT2D eigenvalue weighted by Crippen LogP contribution is 2.31. The van der Waals surface area contributed by atoms with E-state index in [-0.39, 0.29) is 5.56 Å². The average molecular weight is 409 g/mol. The van der Waals surface area contributed by atoms with Crippen LogP contribution in [-0.4, -0.2) is 49.8 Å². The van der Waals surface area contributed by atoms with Crippen molar-refractivity contribution < 1.29 is 9.47 Å². The fraction of sp³-hybridized carbons (Fsp3) is 0.391. The van der Waals surface area contributed by atoms with Crippen molar-refractivity contribution in [3.8, 4) is 22.8 Å². The van der Waals surface area contributed by atoms with E-state index in [4.69, 9.17) is 14.5 Å². The summed E-state index contributed by atoms with van der Waals surface area (Å²) in [5.41, 5.74) is 4.04. The Kier molecular flexibility index (Phi) is 5.63. The van der Waals surface area contributed by atoms with Gasteiger partial charge in [0.05, 0.1) is 25.6 Å². The standard InChI is InChI=1S/C23H28N4O3/c1-15-11-18(26-9-7-17(24-2)8-10-26)14-27-22(28)13-19(25-23(15)27)16-5-6-20(29-3)21(12-16)30-4/h5-6,11-14,17,24H,7-10H2,1-4H3. The molecule has 0 bridgehead atoms. The SMILES string of the molecule is CNC1CCN(c2cc(C)c3nc(-c4ccc(OC)c(OC)c4)cc(=O)n3c2)CC1. The molecule has 0 unspecified atom stereocenters. The number of methoxy groups -OCH3 is 2. The maximum Gasteiger partial charge on any atom is 0.258 e. The van der Waals surface area contributed by atoms with Gasteiger partial charge in [0.15, 0.2) is 11.5 Å². The molecule has 30 heavy (non-hydrogen) atoms. The minimum Gasteiger partial charge on any atom is -0.493 e. The van der Waals surface area contributed by atoms with E-state index in [0.29, 0.717) is 28.9 Å². The van der Waals surface area contributed by atoms with Crippen molar-refractivity contribution in [2.24, 2.45) is 0 Å². The van der Waals surface area contributed by atoms with Crippen LogP contribution in [0, 0.1) is 6.92 Å². The Hall–Kier alpha value is -3.06. The Morgan fingerprint density at radius 1 is 1.07 bits per heavy atom. The minimum absolute atomic E-state index is 0.0974. The first-order chi connectivity index (χ1) is 14.5. The van der Waals surface area contributed by atoms with Crippen molar-refractivity contribution in [2.75, 3.05) is 39.3 Å². The summed E-state index contributed by atoms with van der Waals surface area (Å²) in [6.45, 7) is 3.95. The molecule has 1 N–H and O–H groups in total. The predicted molar refractivity (Wildman–Crippen MR) is 119 cm³/mol. The van der Waals surface area contributed by atoms with Gasteiger partial charge in [0.25, 0.3) is 5.56 Å². The molecular weight excluding hydrogens is 380 g/mol. The van der Waals surface area contributed by atoms with E-state index in [0.717, 1.165) is 42.7 Å². The lowest BCUT2D eigenvalue weighted by molar-refractivity contribution is 0.355. The lowest BCUT2D eigenvalue weighted by Gasteiger charge is -2.33. The van der Waals surface area contributed by atoms with Gasteiger partial charge in [-0.15, -0.1) is 0 Å². The van der Waals surface area contributed by atoms with Crippen LogP contribution in [0.1, 0.15) is 18.4 Å². The topological polar surface area (TPSA) is 68.1 Å². The Labute approximate surface area is 176 Å². The molecule has 1 aliphatic rings. The summed E-state index contributed by atoms with van der Waals surface area (Å²) in [7, 11) is 5.21. The molecule has 0 aliphatic carbocycles. The van der Waals surface area contributed by atoms with Crippen LogP contribution in [0.4, 0.5) is 5.69 Å². The van der Waals surface area contributed by atoms with Crippen LogP contribution in [-0.2, 0) is 0 Å². The van der Waals surface area contributed by atoms with Gasteiger partial charge in [-0.2, -0.15) is 0 Å². The van der Waals surface area contributed by atoms with Crippen LogP contribution < -0.4 is 25.2 Å². The van der Waals surface area contributed by atoms with Gasteiger partial charge in [0, 0.05) is 37.0 Å². The van der Waals surface area contributed by atoms with Crippen molar-refractivity contribution in [3.63, 3.8) is 0 Å². The van der Waals surface area contributed by atoms with Crippen molar-refractivity contribution in [3.05, 3.63) is 52.4 Å². The number of nitrogens with zero attached hydrogens (tertiary/aromatic N) is 3. The molecule has 3 aromatic rings. The fourth-order valence-corrected chi connectivity index (χ4v) is 4.09. The third-order valence-electron chi connectivity index (χ3n) is 5.88. The Bertz CT molecular complexity index is 1120. The molecule has 1 fully saturated rings. The number of pyridine rings is 1. The number of fused-ring (bicyclic) bond motifs is 1. The quantitative estimate of drug-likeness (QED) is 0.700. The van der Waals surface area contributed by atoms with Crippen molar-refractivity contribution in [2.45, 2.75) is 25.8 Å². The van der Waals surface area contributed by atoms with E-state index in [1.807, 2.05) is 38.4 Å². The Balaban J connectivity index is 1.73. The first-order valence-corrected chi connectivity index (χ1v) is 10.2. The van der Waals surface area contributed by atoms with Gasteiger partial charge < -0.3 is 19.7 Å². The smallest absolute Gasteiger partial charge is 0.258 e. The van der Waals surface area contributed by atoms with Gasteiger partial charge >= 0.3 is 0 Å². The summed E-state index contributed by atoms with van der Waals surface area (Å²) < 4.78 is 12.3. The highest BCUT2D eigenvalue weighted by Gasteiger charge is 2.19. The number of benzene rings is 1. The second kappa shape index (κ2) is 8.36. The number of piperidine rings is 1. The second-order valence-corrected chi connectivity index (χ2v) is 7.67. The first-order valence-electron chi connectivity index (χ1n) is 10.2. The van der Waals surface area contributed by atoms with Crippen LogP contribution in [0.5, 0.6) is 11.5 Å². The summed E-state index contributed by atoms with van der Waals surface area (Å²) in [5.74, 6) is 1.25. The van der Waals surface area contributed by atoms with Gasteiger partial charge in [0.2, 0.25) is 0 Å². The summed E-state index contributed by atoms with van der Waals surface area (Å²) in [4.78, 5) is 20.1. The number of ether oxygens (including phenoxy) is 2. The number of aromatic nitrogens is 2. The zero-order valence-corrected chi connectivity index (χ0v) is 17.9. The lowest BCUT2D eigenvalue weighted by atomic mass is 10.0. The third kappa shape index (κ3) is 3.73. The zero-order chi connectivity index (χ0) is 21.3. The van der Waals surface area contributed by atoms with Gasteiger partial charge in [-0.1, -0.05) is 0 Å². The second-order valence-electron chi connectivity index (χ2n) is 7.67. The number of hydrogen-bond acceptors (Lipinski definition) is 6. The molecule has 0 amide bonds. The van der Waals surface area contributed by atoms with Crippen LogP contribution in [0.2, 0.25) is 0 Å². The molecule has 3 heterocycles. The van der Waals surface area contributed by atoms with Crippen LogP contribution in [0.25, 0.3) is 16.9 Å². The summed E-state index contributed by atoms with van der Waals surface area (Å²) in [6, 6.07) is 9.81. The average Bonchev–Trinajstić information content (AvgIpc) is 2.79. The van der Waals surface area contributed by atoms with Gasteiger partial charge in [0.1, 0.15) is 5.65 Å². The first kappa shape index (κ1) is 20.2. The van der Waals surface area contributed by atoms with Crippen LogP contribution in [0.15, 0.2) is 41.3 Å². The van der Waals surface area contributed by atoms with Crippen molar-refractivity contribution in [1.29, 1.82) is 0 Å². The lowest BCUT2D eigenvalue weighted by Crippen LogP contribution is -2.41. The summed E-state index contributed by atoms with van der Waals surface area (Å²) in [5, 5.41) is 3.35. The monoisotopic (exact) mass is 408 g/mol. The Morgan fingerprint density at radius 3 is 2.47 bits per heavy atom. The van der Waals surface area contributed by atoms with Crippen molar-refractivity contribution >= 4 is 11.3 Å². The van der Waals surface area contributed by atoms with Gasteiger partial charge in [-0.25, -0.2) is 4.98 Å². The zero-order valence-electron chi connectivity index (χ0n) is 17.9. The molecule has 0 spiro atoms. The number of hydrogen-bond donors (Lipinski definition) is 1. The molecule has 0 radical (unpaired) electrons. The number of aryl methyl sites for hydroxylation is 1. The summed E-state index contributed by atoms with van der Waals surface area (Å²) >= 11 is 0.